The highest BCUT2D eigenvalue weighted by Crippen LogP contribution is 2.33. The molecule has 3 rings (SSSR count). The molecular weight excluding hydrogens is 422 g/mol. The molecule has 0 saturated heterocycles. The van der Waals surface area contributed by atoms with Gasteiger partial charge in [0.2, 0.25) is 0 Å². The molecule has 0 aliphatic heterocycles. The van der Waals surface area contributed by atoms with Crippen LogP contribution in [0.4, 0.5) is 0 Å². The zero-order valence-electron chi connectivity index (χ0n) is 17.0. The van der Waals surface area contributed by atoms with Crippen molar-refractivity contribution >= 4 is 37.3 Å². The van der Waals surface area contributed by atoms with Crippen LogP contribution in [0, 0.1) is 23.7 Å². The Morgan fingerprint density at radius 1 is 1.37 bits per heavy atom. The van der Waals surface area contributed by atoms with Gasteiger partial charge in [0.1, 0.15) is 4.75 Å². The molecule has 1 fully saturated rings. The molecule has 0 spiro atoms. The quantitative estimate of drug-likeness (QED) is 0.354. The van der Waals surface area contributed by atoms with Crippen molar-refractivity contribution in [1.82, 2.24) is 15.8 Å². The third kappa shape index (κ3) is 4.66. The molecule has 0 bridgehead atoms. The molecule has 1 heterocycles. The predicted octanol–water partition coefficient (Wildman–Crippen LogP) is 1.64. The van der Waals surface area contributed by atoms with E-state index >= 15 is 0 Å². The van der Waals surface area contributed by atoms with Gasteiger partial charge in [0.15, 0.2) is 9.84 Å². The minimum Gasteiger partial charge on any atom is -0.304 e. The van der Waals surface area contributed by atoms with E-state index in [1.165, 1.54) is 23.7 Å². The van der Waals surface area contributed by atoms with E-state index in [1.807, 2.05) is 25.2 Å². The van der Waals surface area contributed by atoms with E-state index < -0.39 is 20.5 Å². The molecule has 0 radical (unpaired) electrons. The van der Waals surface area contributed by atoms with Gasteiger partial charge in [0, 0.05) is 18.2 Å². The van der Waals surface area contributed by atoms with E-state index in [-0.39, 0.29) is 18.4 Å². The molecule has 1 saturated carbocycles. The lowest BCUT2D eigenvalue weighted by molar-refractivity contribution is -0.131. The smallest absolute Gasteiger partial charge is 0.264 e. The van der Waals surface area contributed by atoms with Gasteiger partial charge in [0.25, 0.3) is 5.91 Å². The highest BCUT2D eigenvalue weighted by molar-refractivity contribution is 7.92. The summed E-state index contributed by atoms with van der Waals surface area (Å²) < 4.78 is 23.4. The van der Waals surface area contributed by atoms with Crippen molar-refractivity contribution in [3.8, 4) is 23.7 Å². The number of amides is 1. The Hall–Kier alpha value is -2.43. The molecule has 1 aromatic heterocycles. The van der Waals surface area contributed by atoms with Crippen molar-refractivity contribution < 1.29 is 18.4 Å². The molecule has 30 heavy (non-hydrogen) atoms. The van der Waals surface area contributed by atoms with Gasteiger partial charge in [-0.1, -0.05) is 11.8 Å². The minimum absolute atomic E-state index is 0.00746. The van der Waals surface area contributed by atoms with Crippen LogP contribution in [0.25, 0.3) is 10.2 Å². The van der Waals surface area contributed by atoms with E-state index in [2.05, 4.69) is 34.0 Å². The number of carbonyl (C=O) groups is 1. The van der Waals surface area contributed by atoms with E-state index in [0.717, 1.165) is 34.9 Å². The number of carbonyl (C=O) groups excluding carboxylic acids is 1. The molecule has 158 valence electrons. The Morgan fingerprint density at radius 2 is 2.10 bits per heavy atom. The number of hydrogen-bond acceptors (Lipinski definition) is 7. The number of thiazole rings is 1. The summed E-state index contributed by atoms with van der Waals surface area (Å²) in [7, 11) is -1.83. The molecule has 1 aromatic carbocycles. The van der Waals surface area contributed by atoms with Gasteiger partial charge < -0.3 is 5.32 Å². The fourth-order valence-corrected chi connectivity index (χ4v) is 4.77. The minimum atomic E-state index is -3.73. The number of aromatic nitrogens is 1. The lowest BCUT2D eigenvalue weighted by atomic mass is 10.0. The maximum atomic E-state index is 12.1. The maximum absolute atomic E-state index is 12.1. The van der Waals surface area contributed by atoms with Crippen LogP contribution >= 0.6 is 11.3 Å². The van der Waals surface area contributed by atoms with Crippen LogP contribution in [0.5, 0.6) is 0 Å². The summed E-state index contributed by atoms with van der Waals surface area (Å²) in [4.78, 5) is 16.5. The predicted molar refractivity (Wildman–Crippen MR) is 117 cm³/mol. The van der Waals surface area contributed by atoms with Crippen molar-refractivity contribution in [1.29, 1.82) is 0 Å². The Bertz CT molecular complexity index is 1210. The molecule has 3 N–H and O–H groups in total. The summed E-state index contributed by atoms with van der Waals surface area (Å²) in [6.07, 6.45) is 3.37. The Labute approximate surface area is 180 Å². The number of rotatable bonds is 6. The van der Waals surface area contributed by atoms with Crippen molar-refractivity contribution in [2.24, 2.45) is 0 Å². The van der Waals surface area contributed by atoms with Gasteiger partial charge in [-0.15, -0.1) is 11.3 Å². The Kier molecular flexibility index (Phi) is 6.21. The van der Waals surface area contributed by atoms with Crippen LogP contribution in [-0.2, 0) is 21.1 Å². The monoisotopic (exact) mass is 445 g/mol. The molecule has 1 aliphatic rings. The second kappa shape index (κ2) is 8.37. The van der Waals surface area contributed by atoms with Crippen molar-refractivity contribution in [3.63, 3.8) is 0 Å². The van der Waals surface area contributed by atoms with Crippen LogP contribution in [0.3, 0.4) is 0 Å². The zero-order chi connectivity index (χ0) is 22.0. The molecule has 1 atom stereocenters. The largest absolute Gasteiger partial charge is 0.304 e. The van der Waals surface area contributed by atoms with Crippen LogP contribution < -0.4 is 10.8 Å². The summed E-state index contributed by atoms with van der Waals surface area (Å²) >= 11 is 1.43. The molecule has 1 amide bonds. The van der Waals surface area contributed by atoms with Crippen LogP contribution in [0.15, 0.2) is 18.2 Å². The van der Waals surface area contributed by atoms with E-state index in [0.29, 0.717) is 5.01 Å². The third-order valence-corrected chi connectivity index (χ3v) is 8.55. The summed E-state index contributed by atoms with van der Waals surface area (Å²) in [6, 6.07) is 5.65. The average molecular weight is 446 g/mol. The Morgan fingerprint density at radius 3 is 2.70 bits per heavy atom. The summed E-state index contributed by atoms with van der Waals surface area (Å²) in [5.74, 6) is 11.0. The zero-order valence-corrected chi connectivity index (χ0v) is 18.6. The number of hydroxylamine groups is 1. The number of benzene rings is 1. The lowest BCUT2D eigenvalue weighted by Crippen LogP contribution is -2.49. The van der Waals surface area contributed by atoms with Crippen molar-refractivity contribution in [2.45, 2.75) is 42.9 Å². The standard InChI is InChI=1S/C21H23N3O4S2/c1-20(19(25)24-26,30(3,27)28)11-9-18-23-16-8-7-15(14-17(16)29-18)6-4-5-10-21(22-2)12-13-21/h7-8,14,22,26H,9,11-13H2,1-3H3,(H,24,25). The van der Waals surface area contributed by atoms with Crippen LogP contribution in [0.1, 0.15) is 36.8 Å². The van der Waals surface area contributed by atoms with E-state index in [4.69, 9.17) is 5.21 Å². The summed E-state index contributed by atoms with van der Waals surface area (Å²) in [6.45, 7) is 1.30. The van der Waals surface area contributed by atoms with Gasteiger partial charge in [-0.05, 0) is 63.3 Å². The molecular formula is C21H23N3O4S2. The highest BCUT2D eigenvalue weighted by Gasteiger charge is 2.43. The van der Waals surface area contributed by atoms with Gasteiger partial charge in [-0.3, -0.25) is 10.0 Å². The number of aryl methyl sites for hydroxylation is 1. The second-order valence-electron chi connectivity index (χ2n) is 7.57. The van der Waals surface area contributed by atoms with E-state index in [1.54, 1.807) is 0 Å². The van der Waals surface area contributed by atoms with Gasteiger partial charge in [0.05, 0.1) is 20.8 Å². The molecule has 7 nitrogen and oxygen atoms in total. The topological polar surface area (TPSA) is 108 Å². The number of sulfone groups is 1. The fourth-order valence-electron chi connectivity index (χ4n) is 2.90. The lowest BCUT2D eigenvalue weighted by Gasteiger charge is -2.24. The molecule has 1 aliphatic carbocycles. The number of nitrogens with zero attached hydrogens (tertiary/aromatic N) is 1. The number of fused-ring (bicyclic) bond motifs is 1. The first kappa shape index (κ1) is 22.3. The molecule has 9 heteroatoms. The third-order valence-electron chi connectivity index (χ3n) is 5.45. The fraction of sp³-hybridized carbons (Fsp3) is 0.429. The average Bonchev–Trinajstić information content (AvgIpc) is 3.38. The van der Waals surface area contributed by atoms with Crippen LogP contribution in [-0.4, -0.2) is 48.1 Å². The number of nitrogens with one attached hydrogen (secondary N) is 2. The Balaban J connectivity index is 1.76. The van der Waals surface area contributed by atoms with Crippen molar-refractivity contribution in [2.75, 3.05) is 13.3 Å². The highest BCUT2D eigenvalue weighted by atomic mass is 32.2. The second-order valence-corrected chi connectivity index (χ2v) is 11.1. The first-order chi connectivity index (χ1) is 14.1. The van der Waals surface area contributed by atoms with Gasteiger partial charge >= 0.3 is 0 Å². The number of hydrogen-bond donors (Lipinski definition) is 3. The molecule has 1 unspecified atom stereocenters. The molecule has 2 aromatic rings. The first-order valence-electron chi connectivity index (χ1n) is 9.38. The van der Waals surface area contributed by atoms with E-state index in [9.17, 15) is 13.2 Å². The van der Waals surface area contributed by atoms with Gasteiger partial charge in [-0.2, -0.15) is 0 Å². The van der Waals surface area contributed by atoms with Crippen molar-refractivity contribution in [3.05, 3.63) is 28.8 Å². The SMILES string of the molecule is CNC1(C#CC#Cc2ccc3nc(CCC(C)(C(=O)NO)S(C)(=O)=O)sc3c2)CC1. The maximum Gasteiger partial charge on any atom is 0.264 e. The first-order valence-corrected chi connectivity index (χ1v) is 12.1. The summed E-state index contributed by atoms with van der Waals surface area (Å²) in [5.41, 5.74) is 3.01. The summed E-state index contributed by atoms with van der Waals surface area (Å²) in [5, 5.41) is 12.8. The normalized spacial score (nSPS) is 16.5. The van der Waals surface area contributed by atoms with Gasteiger partial charge in [-0.25, -0.2) is 18.9 Å². The van der Waals surface area contributed by atoms with Crippen LogP contribution in [0.2, 0.25) is 0 Å².